The third kappa shape index (κ3) is 5.99. The van der Waals surface area contributed by atoms with Gasteiger partial charge in [-0.3, -0.25) is 9.78 Å². The molecule has 0 saturated heterocycles. The lowest BCUT2D eigenvalue weighted by atomic mass is 10.1. The van der Waals surface area contributed by atoms with Crippen LogP contribution in [0.3, 0.4) is 0 Å². The fraction of sp³-hybridized carbons (Fsp3) is 0.154. The summed E-state index contributed by atoms with van der Waals surface area (Å²) in [5.41, 5.74) is 3.72. The molecule has 0 spiro atoms. The quantitative estimate of drug-likeness (QED) is 0.272. The molecule has 7 heteroatoms. The number of nitrogens with one attached hydrogen (secondary N) is 3. The van der Waals surface area contributed by atoms with Gasteiger partial charge in [0.1, 0.15) is 5.82 Å². The Balaban J connectivity index is 1.30. The molecule has 4 aromatic rings. The Kier molecular flexibility index (Phi) is 7.37. The minimum absolute atomic E-state index is 0.241. The summed E-state index contributed by atoms with van der Waals surface area (Å²) in [7, 11) is 0. The van der Waals surface area contributed by atoms with Crippen molar-refractivity contribution in [3.05, 3.63) is 101 Å². The minimum Gasteiger partial charge on any atom is -0.384 e. The van der Waals surface area contributed by atoms with Crippen molar-refractivity contribution in [2.24, 2.45) is 0 Å². The maximum atomic E-state index is 13.8. The molecule has 0 aliphatic heterocycles. The summed E-state index contributed by atoms with van der Waals surface area (Å²) in [6, 6.07) is 21.4. The lowest BCUT2D eigenvalue weighted by molar-refractivity contribution is 0.0954. The highest BCUT2D eigenvalue weighted by Crippen LogP contribution is 2.24. The van der Waals surface area contributed by atoms with E-state index in [-0.39, 0.29) is 5.91 Å². The molecule has 0 saturated carbocycles. The first-order valence-electron chi connectivity index (χ1n) is 10.7. The van der Waals surface area contributed by atoms with Crippen LogP contribution in [0.2, 0.25) is 5.02 Å². The number of halogens is 2. The summed E-state index contributed by atoms with van der Waals surface area (Å²) in [6.07, 6.45) is 2.46. The molecule has 0 aliphatic rings. The zero-order chi connectivity index (χ0) is 23.0. The minimum atomic E-state index is -0.392. The standard InChI is InChI=1S/C26H24ClFN4O/c27-19-7-9-21-23(11-14-30-24(21)15-19)29-12-4-13-31-26(33)22-10-8-20(28)16-25(22)32-17-18-5-2-1-3-6-18/h1-3,5-11,14-16,32H,4,12-13,17H2,(H,29,30)(H,31,33). The first-order chi connectivity index (χ1) is 16.1. The fourth-order valence-corrected chi connectivity index (χ4v) is 3.70. The summed E-state index contributed by atoms with van der Waals surface area (Å²) in [5, 5.41) is 11.1. The van der Waals surface area contributed by atoms with Crippen molar-refractivity contribution in [3.8, 4) is 0 Å². The summed E-state index contributed by atoms with van der Waals surface area (Å²) < 4.78 is 13.8. The van der Waals surface area contributed by atoms with Gasteiger partial charge in [0.05, 0.1) is 16.8 Å². The largest absolute Gasteiger partial charge is 0.384 e. The molecule has 1 aromatic heterocycles. The average molecular weight is 463 g/mol. The van der Waals surface area contributed by atoms with E-state index in [1.54, 1.807) is 6.20 Å². The molecule has 3 aromatic carbocycles. The predicted molar refractivity (Wildman–Crippen MR) is 132 cm³/mol. The van der Waals surface area contributed by atoms with Gasteiger partial charge in [0.25, 0.3) is 5.91 Å². The maximum absolute atomic E-state index is 13.8. The highest BCUT2D eigenvalue weighted by Gasteiger charge is 2.12. The first-order valence-corrected chi connectivity index (χ1v) is 11.1. The molecule has 0 atom stereocenters. The van der Waals surface area contributed by atoms with Crippen molar-refractivity contribution >= 4 is 39.8 Å². The zero-order valence-corrected chi connectivity index (χ0v) is 18.7. The monoisotopic (exact) mass is 462 g/mol. The molecule has 1 amide bonds. The number of carbonyl (C=O) groups is 1. The van der Waals surface area contributed by atoms with Crippen LogP contribution < -0.4 is 16.0 Å². The van der Waals surface area contributed by atoms with Gasteiger partial charge in [-0.25, -0.2) is 4.39 Å². The van der Waals surface area contributed by atoms with Crippen molar-refractivity contribution in [2.45, 2.75) is 13.0 Å². The fourth-order valence-electron chi connectivity index (χ4n) is 3.54. The van der Waals surface area contributed by atoms with Gasteiger partial charge in [-0.2, -0.15) is 0 Å². The van der Waals surface area contributed by atoms with E-state index in [0.29, 0.717) is 35.9 Å². The molecule has 0 aliphatic carbocycles. The summed E-state index contributed by atoms with van der Waals surface area (Å²) >= 11 is 6.04. The highest BCUT2D eigenvalue weighted by molar-refractivity contribution is 6.31. The number of amides is 1. The Morgan fingerprint density at radius 2 is 1.76 bits per heavy atom. The van der Waals surface area contributed by atoms with E-state index < -0.39 is 5.82 Å². The number of rotatable bonds is 9. The second-order valence-corrected chi connectivity index (χ2v) is 8.02. The molecule has 3 N–H and O–H groups in total. The van der Waals surface area contributed by atoms with Crippen molar-refractivity contribution in [1.82, 2.24) is 10.3 Å². The number of anilines is 2. The number of carbonyl (C=O) groups excluding carboxylic acids is 1. The SMILES string of the molecule is O=C(NCCCNc1ccnc2cc(Cl)ccc12)c1ccc(F)cc1NCc1ccccc1. The molecule has 0 unspecified atom stereocenters. The smallest absolute Gasteiger partial charge is 0.253 e. The summed E-state index contributed by atoms with van der Waals surface area (Å²) in [5.74, 6) is -0.633. The number of hydrogen-bond donors (Lipinski definition) is 3. The van der Waals surface area contributed by atoms with E-state index in [1.807, 2.05) is 54.6 Å². The van der Waals surface area contributed by atoms with E-state index in [9.17, 15) is 9.18 Å². The maximum Gasteiger partial charge on any atom is 0.253 e. The summed E-state index contributed by atoms with van der Waals surface area (Å²) in [4.78, 5) is 17.1. The number of fused-ring (bicyclic) bond motifs is 1. The summed E-state index contributed by atoms with van der Waals surface area (Å²) in [6.45, 7) is 1.65. The van der Waals surface area contributed by atoms with E-state index in [4.69, 9.17) is 11.6 Å². The Hall–Kier alpha value is -3.64. The zero-order valence-electron chi connectivity index (χ0n) is 17.9. The lowest BCUT2D eigenvalue weighted by Crippen LogP contribution is -2.26. The van der Waals surface area contributed by atoms with Gasteiger partial charge in [0.15, 0.2) is 0 Å². The van der Waals surface area contributed by atoms with Crippen LogP contribution in [0.25, 0.3) is 10.9 Å². The molecule has 4 rings (SSSR count). The van der Waals surface area contributed by atoms with Crippen LogP contribution in [0, 0.1) is 5.82 Å². The van der Waals surface area contributed by atoms with E-state index >= 15 is 0 Å². The molecule has 33 heavy (non-hydrogen) atoms. The van der Waals surface area contributed by atoms with Gasteiger partial charge in [-0.15, -0.1) is 0 Å². The number of nitrogens with zero attached hydrogens (tertiary/aromatic N) is 1. The number of aromatic nitrogens is 1. The molecule has 0 fully saturated rings. The van der Waals surface area contributed by atoms with Crippen LogP contribution in [0.1, 0.15) is 22.3 Å². The Morgan fingerprint density at radius 3 is 2.61 bits per heavy atom. The van der Waals surface area contributed by atoms with Crippen molar-refractivity contribution in [2.75, 3.05) is 23.7 Å². The lowest BCUT2D eigenvalue weighted by Gasteiger charge is -2.13. The Labute approximate surface area is 197 Å². The van der Waals surface area contributed by atoms with Crippen LogP contribution >= 0.6 is 11.6 Å². The van der Waals surface area contributed by atoms with Gasteiger partial charge < -0.3 is 16.0 Å². The van der Waals surface area contributed by atoms with Crippen LogP contribution in [0.4, 0.5) is 15.8 Å². The van der Waals surface area contributed by atoms with Crippen LogP contribution in [0.5, 0.6) is 0 Å². The number of hydrogen-bond acceptors (Lipinski definition) is 4. The van der Waals surface area contributed by atoms with Crippen molar-refractivity contribution in [1.29, 1.82) is 0 Å². The second-order valence-electron chi connectivity index (χ2n) is 7.59. The molecular weight excluding hydrogens is 439 g/mol. The Bertz CT molecular complexity index is 1250. The van der Waals surface area contributed by atoms with E-state index in [2.05, 4.69) is 20.9 Å². The average Bonchev–Trinajstić information content (AvgIpc) is 2.83. The molecular formula is C26H24ClFN4O. The topological polar surface area (TPSA) is 66.0 Å². The van der Waals surface area contributed by atoms with Gasteiger partial charge in [0.2, 0.25) is 0 Å². The molecule has 168 valence electrons. The third-order valence-electron chi connectivity index (χ3n) is 5.21. The van der Waals surface area contributed by atoms with Gasteiger partial charge >= 0.3 is 0 Å². The van der Waals surface area contributed by atoms with Crippen LogP contribution in [-0.4, -0.2) is 24.0 Å². The predicted octanol–water partition coefficient (Wildman–Crippen LogP) is 5.87. The Morgan fingerprint density at radius 1 is 0.909 bits per heavy atom. The molecule has 5 nitrogen and oxygen atoms in total. The first kappa shape index (κ1) is 22.6. The van der Waals surface area contributed by atoms with Gasteiger partial charge in [-0.1, -0.05) is 41.9 Å². The van der Waals surface area contributed by atoms with Gasteiger partial charge in [-0.05, 0) is 54.4 Å². The molecule has 1 heterocycles. The molecule has 0 bridgehead atoms. The van der Waals surface area contributed by atoms with Crippen LogP contribution in [0.15, 0.2) is 79.0 Å². The van der Waals surface area contributed by atoms with Gasteiger partial charge in [0, 0.05) is 41.9 Å². The normalized spacial score (nSPS) is 10.7. The second kappa shape index (κ2) is 10.8. The highest BCUT2D eigenvalue weighted by atomic mass is 35.5. The van der Waals surface area contributed by atoms with Crippen LogP contribution in [-0.2, 0) is 6.54 Å². The number of benzene rings is 3. The third-order valence-corrected chi connectivity index (χ3v) is 5.45. The van der Waals surface area contributed by atoms with Crippen molar-refractivity contribution < 1.29 is 9.18 Å². The molecule has 0 radical (unpaired) electrons. The van der Waals surface area contributed by atoms with E-state index in [1.165, 1.54) is 18.2 Å². The van der Waals surface area contributed by atoms with E-state index in [0.717, 1.165) is 28.6 Å². The van der Waals surface area contributed by atoms with Crippen molar-refractivity contribution in [3.63, 3.8) is 0 Å². The number of pyridine rings is 1.